The molecule has 5 rings (SSSR count). The number of aromatic amines is 1. The Labute approximate surface area is 224 Å². The van der Waals surface area contributed by atoms with Crippen LogP contribution in [0.5, 0.6) is 5.75 Å². The quantitative estimate of drug-likeness (QED) is 0.255. The van der Waals surface area contributed by atoms with Gasteiger partial charge in [0.05, 0.1) is 29.9 Å². The van der Waals surface area contributed by atoms with Gasteiger partial charge in [-0.1, -0.05) is 23.7 Å². The van der Waals surface area contributed by atoms with Gasteiger partial charge in [0.1, 0.15) is 23.9 Å². The molecule has 4 aromatic rings. The van der Waals surface area contributed by atoms with Gasteiger partial charge in [-0.05, 0) is 54.9 Å². The first kappa shape index (κ1) is 25.9. The molecule has 2 aromatic heterocycles. The predicted molar refractivity (Wildman–Crippen MR) is 144 cm³/mol. The molecule has 0 saturated carbocycles. The number of nitrogens with one attached hydrogen (secondary N) is 3. The van der Waals surface area contributed by atoms with Gasteiger partial charge in [-0.2, -0.15) is 5.10 Å². The van der Waals surface area contributed by atoms with Crippen molar-refractivity contribution in [2.24, 2.45) is 0 Å². The zero-order valence-electron chi connectivity index (χ0n) is 20.7. The van der Waals surface area contributed by atoms with Crippen LogP contribution in [-0.2, 0) is 11.3 Å². The number of hydrogen-bond acceptors (Lipinski definition) is 7. The number of benzene rings is 2. The number of halogens is 2. The average molecular weight is 539 g/mol. The van der Waals surface area contributed by atoms with Crippen LogP contribution in [0.1, 0.15) is 22.5 Å². The maximum Gasteiger partial charge on any atom is 0.267 e. The highest BCUT2D eigenvalue weighted by Crippen LogP contribution is 2.31. The number of H-pyrrole nitrogens is 1. The van der Waals surface area contributed by atoms with Gasteiger partial charge in [-0.25, -0.2) is 4.39 Å². The van der Waals surface area contributed by atoms with Gasteiger partial charge in [0.25, 0.3) is 5.91 Å². The lowest BCUT2D eigenvalue weighted by molar-refractivity contribution is 0.0374. The van der Waals surface area contributed by atoms with E-state index in [-0.39, 0.29) is 18.3 Å². The Kier molecular flexibility index (Phi) is 8.32. The van der Waals surface area contributed by atoms with E-state index in [1.807, 2.05) is 0 Å². The summed E-state index contributed by atoms with van der Waals surface area (Å²) in [5.74, 6) is 0.425. The molecule has 2 aromatic carbocycles. The first-order chi connectivity index (χ1) is 18.5. The van der Waals surface area contributed by atoms with E-state index in [1.165, 1.54) is 12.1 Å². The van der Waals surface area contributed by atoms with Crippen LogP contribution in [0.2, 0.25) is 5.02 Å². The molecule has 38 heavy (non-hydrogen) atoms. The number of amides is 1. The highest BCUT2D eigenvalue weighted by atomic mass is 35.5. The van der Waals surface area contributed by atoms with Gasteiger partial charge in [0, 0.05) is 30.7 Å². The first-order valence-corrected chi connectivity index (χ1v) is 12.8. The third-order valence-corrected chi connectivity index (χ3v) is 6.50. The molecule has 1 fully saturated rings. The highest BCUT2D eigenvalue weighted by Gasteiger charge is 2.15. The average Bonchev–Trinajstić information content (AvgIpc) is 3.37. The minimum Gasteiger partial charge on any atom is -0.487 e. The van der Waals surface area contributed by atoms with Gasteiger partial charge < -0.3 is 25.1 Å². The Bertz CT molecular complexity index is 1410. The van der Waals surface area contributed by atoms with Crippen molar-refractivity contribution in [3.63, 3.8) is 0 Å². The Morgan fingerprint density at radius 3 is 2.87 bits per heavy atom. The first-order valence-electron chi connectivity index (χ1n) is 12.4. The van der Waals surface area contributed by atoms with Crippen LogP contribution in [-0.4, -0.2) is 65.4 Å². The number of hydrogen-bond donors (Lipinski definition) is 3. The van der Waals surface area contributed by atoms with Crippen molar-refractivity contribution in [1.82, 2.24) is 25.4 Å². The normalized spacial score (nSPS) is 13.9. The molecule has 3 N–H and O–H groups in total. The van der Waals surface area contributed by atoms with Gasteiger partial charge >= 0.3 is 0 Å². The van der Waals surface area contributed by atoms with Crippen LogP contribution in [0.25, 0.3) is 10.9 Å². The second kappa shape index (κ2) is 12.2. The summed E-state index contributed by atoms with van der Waals surface area (Å²) in [6.07, 6.45) is 2.47. The molecule has 11 heteroatoms. The summed E-state index contributed by atoms with van der Waals surface area (Å²) in [6.45, 7) is 5.09. The smallest absolute Gasteiger partial charge is 0.267 e. The van der Waals surface area contributed by atoms with Gasteiger partial charge in [-0.3, -0.25) is 9.69 Å². The summed E-state index contributed by atoms with van der Waals surface area (Å²) in [6, 6.07) is 13.2. The van der Waals surface area contributed by atoms with E-state index in [9.17, 15) is 9.18 Å². The SMILES string of the molecule is O=C(NCCCN1CCOCC1)c1cc2cnnc(Nc3ccc(OCc4cccc(F)c4)c(Cl)c3)c2[nH]1. The Morgan fingerprint density at radius 2 is 2.05 bits per heavy atom. The molecule has 0 unspecified atom stereocenters. The maximum atomic E-state index is 13.4. The molecule has 1 aliphatic heterocycles. The van der Waals surface area contributed by atoms with Gasteiger partial charge in [-0.15, -0.1) is 5.10 Å². The van der Waals surface area contributed by atoms with Crippen molar-refractivity contribution < 1.29 is 18.7 Å². The molecule has 0 bridgehead atoms. The molecule has 1 aliphatic rings. The molecule has 0 atom stereocenters. The highest BCUT2D eigenvalue weighted by molar-refractivity contribution is 6.32. The number of rotatable bonds is 10. The number of anilines is 2. The topological polar surface area (TPSA) is 104 Å². The number of morpholine rings is 1. The number of aromatic nitrogens is 3. The van der Waals surface area contributed by atoms with E-state index in [1.54, 1.807) is 42.6 Å². The monoisotopic (exact) mass is 538 g/mol. The summed E-state index contributed by atoms with van der Waals surface area (Å²) in [5, 5.41) is 15.5. The van der Waals surface area contributed by atoms with E-state index < -0.39 is 0 Å². The van der Waals surface area contributed by atoms with E-state index in [2.05, 4.69) is 30.7 Å². The van der Waals surface area contributed by atoms with Crippen molar-refractivity contribution in [2.75, 3.05) is 44.7 Å². The summed E-state index contributed by atoms with van der Waals surface area (Å²) in [7, 11) is 0. The minimum atomic E-state index is -0.319. The third kappa shape index (κ3) is 6.58. The molecule has 9 nitrogen and oxygen atoms in total. The van der Waals surface area contributed by atoms with E-state index in [4.69, 9.17) is 21.1 Å². The molecule has 0 radical (unpaired) electrons. The number of carbonyl (C=O) groups is 1. The molecule has 198 valence electrons. The number of ether oxygens (including phenoxy) is 2. The zero-order valence-corrected chi connectivity index (χ0v) is 21.4. The molecular weight excluding hydrogens is 511 g/mol. The van der Waals surface area contributed by atoms with E-state index >= 15 is 0 Å². The van der Waals surface area contributed by atoms with Crippen LogP contribution in [0.15, 0.2) is 54.7 Å². The third-order valence-electron chi connectivity index (χ3n) is 6.20. The van der Waals surface area contributed by atoms with Crippen LogP contribution in [0.4, 0.5) is 15.9 Å². The molecule has 0 aliphatic carbocycles. The fraction of sp³-hybridized carbons (Fsp3) is 0.296. The summed E-state index contributed by atoms with van der Waals surface area (Å²) in [5.41, 5.74) is 2.46. The van der Waals surface area contributed by atoms with Crippen molar-refractivity contribution in [2.45, 2.75) is 13.0 Å². The number of nitrogens with zero attached hydrogens (tertiary/aromatic N) is 3. The fourth-order valence-electron chi connectivity index (χ4n) is 4.22. The lowest BCUT2D eigenvalue weighted by Gasteiger charge is -2.26. The van der Waals surface area contributed by atoms with Crippen molar-refractivity contribution in [3.05, 3.63) is 76.8 Å². The molecular formula is C27H28ClFN6O3. The second-order valence-electron chi connectivity index (χ2n) is 8.96. The largest absolute Gasteiger partial charge is 0.487 e. The lowest BCUT2D eigenvalue weighted by Crippen LogP contribution is -2.38. The van der Waals surface area contributed by atoms with Crippen molar-refractivity contribution in [3.8, 4) is 5.75 Å². The fourth-order valence-corrected chi connectivity index (χ4v) is 4.46. The standard InChI is InChI=1S/C27H28ClFN6O3/c28-22-15-21(5-6-24(22)38-17-18-3-1-4-20(29)13-18)32-26-25-19(16-31-34-26)14-23(33-25)27(36)30-7-2-8-35-9-11-37-12-10-35/h1,3-6,13-16,33H,2,7-12,17H2,(H,30,36)(H,32,34). The molecule has 1 amide bonds. The van der Waals surface area contributed by atoms with E-state index in [0.717, 1.165) is 44.7 Å². The summed E-state index contributed by atoms with van der Waals surface area (Å²) in [4.78, 5) is 18.2. The second-order valence-corrected chi connectivity index (χ2v) is 9.37. The summed E-state index contributed by atoms with van der Waals surface area (Å²) < 4.78 is 24.5. The lowest BCUT2D eigenvalue weighted by atomic mass is 10.2. The number of carbonyl (C=O) groups excluding carboxylic acids is 1. The van der Waals surface area contributed by atoms with Crippen molar-refractivity contribution in [1.29, 1.82) is 0 Å². The minimum absolute atomic E-state index is 0.183. The van der Waals surface area contributed by atoms with Crippen molar-refractivity contribution >= 4 is 39.9 Å². The number of fused-ring (bicyclic) bond motifs is 1. The van der Waals surface area contributed by atoms with Crippen LogP contribution >= 0.6 is 11.6 Å². The Hall–Kier alpha value is -3.73. The van der Waals surface area contributed by atoms with Crippen LogP contribution in [0.3, 0.4) is 0 Å². The van der Waals surface area contributed by atoms with Gasteiger partial charge in [0.15, 0.2) is 5.82 Å². The Balaban J connectivity index is 1.19. The van der Waals surface area contributed by atoms with Gasteiger partial charge in [0.2, 0.25) is 0 Å². The Morgan fingerprint density at radius 1 is 1.18 bits per heavy atom. The van der Waals surface area contributed by atoms with Crippen LogP contribution in [0, 0.1) is 5.82 Å². The van der Waals surface area contributed by atoms with E-state index in [0.29, 0.717) is 45.6 Å². The van der Waals surface area contributed by atoms with Crippen LogP contribution < -0.4 is 15.4 Å². The predicted octanol–water partition coefficient (Wildman–Crippen LogP) is 4.53. The molecule has 1 saturated heterocycles. The maximum absolute atomic E-state index is 13.4. The zero-order chi connectivity index (χ0) is 26.3. The molecule has 3 heterocycles. The molecule has 0 spiro atoms. The summed E-state index contributed by atoms with van der Waals surface area (Å²) >= 11 is 6.42.